The molecule has 10 heteroatoms. The molecule has 0 aliphatic rings. The fourth-order valence-electron chi connectivity index (χ4n) is 1.53. The van der Waals surface area contributed by atoms with E-state index in [2.05, 4.69) is 41.6 Å². The molecule has 0 unspecified atom stereocenters. The summed E-state index contributed by atoms with van der Waals surface area (Å²) >= 11 is 7.48. The van der Waals surface area contributed by atoms with Crippen LogP contribution in [0.25, 0.3) is 0 Å². The van der Waals surface area contributed by atoms with Crippen molar-refractivity contribution in [3.05, 3.63) is 37.7 Å². The van der Waals surface area contributed by atoms with Crippen molar-refractivity contribution in [3.8, 4) is 0 Å². The quantitative estimate of drug-likeness (QED) is 0.735. The highest BCUT2D eigenvalue weighted by Crippen LogP contribution is 2.29. The number of carboxylic acids is 1. The fraction of sp³-hybridized carbons (Fsp3) is 0.0909. The van der Waals surface area contributed by atoms with Gasteiger partial charge < -0.3 is 5.11 Å². The van der Waals surface area contributed by atoms with Crippen molar-refractivity contribution >= 4 is 64.3 Å². The molecule has 2 rings (SSSR count). The second-order valence-corrected chi connectivity index (χ2v) is 8.88. The predicted octanol–water partition coefficient (Wildman–Crippen LogP) is 3.48. The minimum Gasteiger partial charge on any atom is -0.478 e. The molecule has 0 bridgehead atoms. The highest BCUT2D eigenvalue weighted by atomic mass is 79.9. The zero-order valence-corrected chi connectivity index (χ0v) is 15.2. The summed E-state index contributed by atoms with van der Waals surface area (Å²) in [5.74, 6) is -1.20. The number of anilines is 1. The van der Waals surface area contributed by atoms with Crippen LogP contribution in [0.2, 0.25) is 0 Å². The molecule has 0 spiro atoms. The maximum absolute atomic E-state index is 12.4. The Balaban J connectivity index is 2.51. The van der Waals surface area contributed by atoms with E-state index in [0.29, 0.717) is 13.8 Å². The number of carboxylic acid groups (broad SMARTS) is 1. The number of aromatic nitrogens is 1. The van der Waals surface area contributed by atoms with Crippen molar-refractivity contribution in [2.45, 2.75) is 11.8 Å². The Morgan fingerprint density at radius 3 is 2.57 bits per heavy atom. The molecule has 1 heterocycles. The Labute approximate surface area is 141 Å². The molecule has 2 N–H and O–H groups in total. The number of halogens is 2. The Bertz CT molecular complexity index is 818. The van der Waals surface area contributed by atoms with Gasteiger partial charge in [-0.15, -0.1) is 0 Å². The SMILES string of the molecule is Cc1c(Br)cc(C(=O)O)cc1S(=O)(=O)Nc1ncc(Br)s1. The smallest absolute Gasteiger partial charge is 0.335 e. The van der Waals surface area contributed by atoms with Crippen molar-refractivity contribution in [1.29, 1.82) is 0 Å². The van der Waals surface area contributed by atoms with Crippen LogP contribution in [0.4, 0.5) is 5.13 Å². The van der Waals surface area contributed by atoms with Gasteiger partial charge in [0.15, 0.2) is 5.13 Å². The van der Waals surface area contributed by atoms with Crippen LogP contribution in [0.1, 0.15) is 15.9 Å². The maximum atomic E-state index is 12.4. The van der Waals surface area contributed by atoms with E-state index in [1.54, 1.807) is 6.92 Å². The minimum absolute atomic E-state index is 0.111. The number of hydrogen-bond donors (Lipinski definition) is 2. The van der Waals surface area contributed by atoms with Gasteiger partial charge in [-0.05, 0) is 40.5 Å². The number of benzene rings is 1. The lowest BCUT2D eigenvalue weighted by atomic mass is 10.1. The zero-order valence-electron chi connectivity index (χ0n) is 10.4. The monoisotopic (exact) mass is 454 g/mol. The third-order valence-corrected chi connectivity index (χ3v) is 6.34. The molecular formula is C11H8Br2N2O4S2. The lowest BCUT2D eigenvalue weighted by Gasteiger charge is -2.11. The third kappa shape index (κ3) is 3.62. The number of sulfonamides is 1. The van der Waals surface area contributed by atoms with Crippen LogP contribution in [0.3, 0.4) is 0 Å². The Morgan fingerprint density at radius 2 is 2.05 bits per heavy atom. The van der Waals surface area contributed by atoms with Crippen LogP contribution in [0, 0.1) is 6.92 Å². The van der Waals surface area contributed by atoms with Gasteiger partial charge >= 0.3 is 5.97 Å². The molecule has 0 fully saturated rings. The first kappa shape index (κ1) is 16.4. The summed E-state index contributed by atoms with van der Waals surface area (Å²) in [5, 5.41) is 9.22. The van der Waals surface area contributed by atoms with E-state index < -0.39 is 16.0 Å². The van der Waals surface area contributed by atoms with Gasteiger partial charge in [-0.1, -0.05) is 27.3 Å². The summed E-state index contributed by atoms with van der Waals surface area (Å²) in [4.78, 5) is 14.8. The van der Waals surface area contributed by atoms with E-state index in [1.807, 2.05) is 0 Å². The van der Waals surface area contributed by atoms with Gasteiger partial charge in [0.05, 0.1) is 20.4 Å². The van der Waals surface area contributed by atoms with E-state index in [9.17, 15) is 13.2 Å². The lowest BCUT2D eigenvalue weighted by molar-refractivity contribution is 0.0696. The Morgan fingerprint density at radius 1 is 1.38 bits per heavy atom. The first-order valence-electron chi connectivity index (χ1n) is 5.38. The molecule has 1 aromatic heterocycles. The van der Waals surface area contributed by atoms with Crippen molar-refractivity contribution in [3.63, 3.8) is 0 Å². The van der Waals surface area contributed by atoms with E-state index in [-0.39, 0.29) is 15.6 Å². The highest BCUT2D eigenvalue weighted by molar-refractivity contribution is 9.11. The van der Waals surface area contributed by atoms with E-state index in [4.69, 9.17) is 5.11 Å². The number of nitrogens with one attached hydrogen (secondary N) is 1. The molecule has 21 heavy (non-hydrogen) atoms. The summed E-state index contributed by atoms with van der Waals surface area (Å²) in [6.07, 6.45) is 1.47. The number of hydrogen-bond acceptors (Lipinski definition) is 5. The van der Waals surface area contributed by atoms with Crippen molar-refractivity contribution in [1.82, 2.24) is 4.98 Å². The topological polar surface area (TPSA) is 96.4 Å². The van der Waals surface area contributed by atoms with Crippen LogP contribution in [-0.2, 0) is 10.0 Å². The summed E-state index contributed by atoms with van der Waals surface area (Å²) in [5.41, 5.74) is 0.302. The minimum atomic E-state index is -3.93. The van der Waals surface area contributed by atoms with Crippen molar-refractivity contribution in [2.75, 3.05) is 4.72 Å². The Hall–Kier alpha value is -0.970. The highest BCUT2D eigenvalue weighted by Gasteiger charge is 2.22. The normalized spacial score (nSPS) is 11.4. The standard InChI is InChI=1S/C11H8Br2N2O4S2/c1-5-7(12)2-6(10(16)17)3-8(5)21(18,19)15-11-14-4-9(13)20-11/h2-4H,1H3,(H,14,15)(H,16,17). The number of thiazole rings is 1. The van der Waals surface area contributed by atoms with Gasteiger partial charge in [0.25, 0.3) is 10.0 Å². The van der Waals surface area contributed by atoms with Gasteiger partial charge in [-0.25, -0.2) is 18.2 Å². The summed E-state index contributed by atoms with van der Waals surface area (Å²) in [6.45, 7) is 1.59. The van der Waals surface area contributed by atoms with Crippen LogP contribution >= 0.6 is 43.2 Å². The van der Waals surface area contributed by atoms with Gasteiger partial charge in [0, 0.05) is 4.47 Å². The second kappa shape index (κ2) is 6.03. The van der Waals surface area contributed by atoms with E-state index in [1.165, 1.54) is 12.3 Å². The number of carbonyl (C=O) groups is 1. The lowest BCUT2D eigenvalue weighted by Crippen LogP contribution is -2.15. The molecule has 0 aliphatic carbocycles. The Kier molecular flexibility index (Phi) is 4.71. The van der Waals surface area contributed by atoms with Crippen LogP contribution in [-0.4, -0.2) is 24.5 Å². The van der Waals surface area contributed by atoms with Gasteiger partial charge in [-0.2, -0.15) is 0 Å². The molecule has 6 nitrogen and oxygen atoms in total. The molecule has 0 radical (unpaired) electrons. The fourth-order valence-corrected chi connectivity index (χ4v) is 4.76. The number of rotatable bonds is 4. The first-order chi connectivity index (χ1) is 9.70. The molecular weight excluding hydrogens is 448 g/mol. The second-order valence-electron chi connectivity index (χ2n) is 3.96. The van der Waals surface area contributed by atoms with Gasteiger partial charge in [-0.3, -0.25) is 4.72 Å². The van der Waals surface area contributed by atoms with Crippen molar-refractivity contribution < 1.29 is 18.3 Å². The van der Waals surface area contributed by atoms with Crippen molar-refractivity contribution in [2.24, 2.45) is 0 Å². The molecule has 0 atom stereocenters. The van der Waals surface area contributed by atoms with Crippen LogP contribution in [0.15, 0.2) is 31.5 Å². The largest absolute Gasteiger partial charge is 0.478 e. The van der Waals surface area contributed by atoms with Crippen LogP contribution < -0.4 is 4.72 Å². The van der Waals surface area contributed by atoms with E-state index in [0.717, 1.165) is 17.4 Å². The average Bonchev–Trinajstić information content (AvgIpc) is 2.76. The number of aromatic carboxylic acids is 1. The average molecular weight is 456 g/mol. The molecule has 0 amide bonds. The third-order valence-electron chi connectivity index (χ3n) is 2.53. The molecule has 0 saturated heterocycles. The molecule has 1 aromatic carbocycles. The molecule has 2 aromatic rings. The zero-order chi connectivity index (χ0) is 15.8. The summed E-state index contributed by atoms with van der Waals surface area (Å²) in [6, 6.07) is 2.48. The summed E-state index contributed by atoms with van der Waals surface area (Å²) in [7, 11) is -3.93. The summed E-state index contributed by atoms with van der Waals surface area (Å²) < 4.78 is 28.2. The molecule has 0 aliphatic heterocycles. The molecule has 0 saturated carbocycles. The van der Waals surface area contributed by atoms with E-state index >= 15 is 0 Å². The number of nitrogens with zero attached hydrogens (tertiary/aromatic N) is 1. The molecule has 112 valence electrons. The first-order valence-corrected chi connectivity index (χ1v) is 9.27. The van der Waals surface area contributed by atoms with Crippen LogP contribution in [0.5, 0.6) is 0 Å². The maximum Gasteiger partial charge on any atom is 0.335 e. The predicted molar refractivity (Wildman–Crippen MR) is 86.5 cm³/mol. The van der Waals surface area contributed by atoms with Gasteiger partial charge in [0.2, 0.25) is 0 Å². The van der Waals surface area contributed by atoms with Gasteiger partial charge in [0.1, 0.15) is 0 Å².